The zero-order valence-corrected chi connectivity index (χ0v) is 18.2. The minimum absolute atomic E-state index is 0.231. The van der Waals surface area contributed by atoms with Crippen molar-refractivity contribution >= 4 is 22.5 Å². The van der Waals surface area contributed by atoms with Crippen LogP contribution in [-0.4, -0.2) is 26.2 Å². The van der Waals surface area contributed by atoms with Crippen molar-refractivity contribution in [3.8, 4) is 34.2 Å². The summed E-state index contributed by atoms with van der Waals surface area (Å²) in [6.45, 7) is 0. The highest BCUT2D eigenvalue weighted by atomic mass is 35.5. The lowest BCUT2D eigenvalue weighted by Crippen LogP contribution is -2.22. The quantitative estimate of drug-likeness (QED) is 0.388. The topological polar surface area (TPSA) is 61.9 Å². The van der Waals surface area contributed by atoms with Crippen LogP contribution in [0.4, 0.5) is 0 Å². The van der Waals surface area contributed by atoms with E-state index in [1.807, 2.05) is 43.6 Å². The average molecular weight is 443 g/mol. The Labute approximate surface area is 189 Å². The molecule has 0 saturated heterocycles. The number of ether oxygens (including phenoxy) is 1. The van der Waals surface area contributed by atoms with Gasteiger partial charge in [-0.05, 0) is 48.0 Å². The Balaban J connectivity index is 1.74. The first kappa shape index (κ1) is 20.0. The molecular formula is C25H19ClN4O2. The first-order valence-electron chi connectivity index (χ1n) is 10.00. The average Bonchev–Trinajstić information content (AvgIpc) is 3.25. The van der Waals surface area contributed by atoms with Crippen molar-refractivity contribution in [1.82, 2.24) is 19.1 Å². The van der Waals surface area contributed by atoms with E-state index in [9.17, 15) is 4.79 Å². The summed E-state index contributed by atoms with van der Waals surface area (Å²) in [5.74, 6) is 1.53. The second-order valence-corrected chi connectivity index (χ2v) is 7.81. The third-order valence-electron chi connectivity index (χ3n) is 5.40. The third-order valence-corrected chi connectivity index (χ3v) is 5.62. The fraction of sp³-hybridized carbons (Fsp3) is 0.0800. The van der Waals surface area contributed by atoms with Crippen LogP contribution >= 0.6 is 11.6 Å². The molecule has 0 bridgehead atoms. The van der Waals surface area contributed by atoms with Crippen LogP contribution < -0.4 is 10.3 Å². The molecule has 2 aromatic carbocycles. The summed E-state index contributed by atoms with van der Waals surface area (Å²) < 4.78 is 8.87. The molecule has 0 aliphatic rings. The summed E-state index contributed by atoms with van der Waals surface area (Å²) in [4.78, 5) is 22.8. The Bertz CT molecular complexity index is 1490. The number of hydrogen-bond donors (Lipinski definition) is 0. The lowest BCUT2D eigenvalue weighted by molar-refractivity contribution is 0.415. The van der Waals surface area contributed by atoms with E-state index < -0.39 is 0 Å². The van der Waals surface area contributed by atoms with E-state index in [4.69, 9.17) is 21.3 Å². The first-order chi connectivity index (χ1) is 15.5. The molecule has 3 heterocycles. The predicted octanol–water partition coefficient (Wildman–Crippen LogP) is 5.12. The van der Waals surface area contributed by atoms with E-state index in [0.717, 1.165) is 16.8 Å². The number of halogens is 1. The van der Waals surface area contributed by atoms with Crippen LogP contribution in [0.15, 0.2) is 83.9 Å². The molecular weight excluding hydrogens is 424 g/mol. The molecule has 0 saturated carbocycles. The second kappa shape index (κ2) is 7.98. The number of aryl methyl sites for hydroxylation is 1. The van der Waals surface area contributed by atoms with Gasteiger partial charge in [0.1, 0.15) is 17.4 Å². The van der Waals surface area contributed by atoms with Crippen molar-refractivity contribution in [3.05, 3.63) is 94.5 Å². The van der Waals surface area contributed by atoms with Crippen LogP contribution in [0.5, 0.6) is 5.75 Å². The van der Waals surface area contributed by atoms with Gasteiger partial charge in [-0.3, -0.25) is 4.79 Å². The minimum atomic E-state index is -0.231. The number of fused-ring (bicyclic) bond motifs is 1. The largest absolute Gasteiger partial charge is 0.497 e. The van der Waals surface area contributed by atoms with E-state index >= 15 is 0 Å². The molecule has 0 aliphatic carbocycles. The van der Waals surface area contributed by atoms with Crippen molar-refractivity contribution in [2.45, 2.75) is 0 Å². The van der Waals surface area contributed by atoms with E-state index in [-0.39, 0.29) is 5.56 Å². The lowest BCUT2D eigenvalue weighted by atomic mass is 10.1. The number of pyridine rings is 1. The van der Waals surface area contributed by atoms with Gasteiger partial charge in [0.05, 0.1) is 23.0 Å². The van der Waals surface area contributed by atoms with Gasteiger partial charge in [0.2, 0.25) is 0 Å². The summed E-state index contributed by atoms with van der Waals surface area (Å²) >= 11 is 6.03. The molecule has 0 amide bonds. The Hall–Kier alpha value is -3.90. The summed E-state index contributed by atoms with van der Waals surface area (Å²) in [6.07, 6.45) is 3.52. The summed E-state index contributed by atoms with van der Waals surface area (Å²) in [6, 6.07) is 20.7. The molecule has 0 aliphatic heterocycles. The maximum atomic E-state index is 13.6. The van der Waals surface area contributed by atoms with Gasteiger partial charge in [-0.2, -0.15) is 0 Å². The van der Waals surface area contributed by atoms with Gasteiger partial charge in [-0.25, -0.2) is 14.5 Å². The fourth-order valence-electron chi connectivity index (χ4n) is 3.75. The first-order valence-corrected chi connectivity index (χ1v) is 10.4. The second-order valence-electron chi connectivity index (χ2n) is 7.38. The molecule has 5 rings (SSSR count). The van der Waals surface area contributed by atoms with Crippen molar-refractivity contribution in [1.29, 1.82) is 0 Å². The molecule has 5 aromatic rings. The highest BCUT2D eigenvalue weighted by molar-refractivity contribution is 6.30. The zero-order chi connectivity index (χ0) is 22.2. The van der Waals surface area contributed by atoms with Gasteiger partial charge in [0.25, 0.3) is 5.56 Å². The van der Waals surface area contributed by atoms with Crippen LogP contribution in [0.1, 0.15) is 0 Å². The molecule has 0 spiro atoms. The van der Waals surface area contributed by atoms with Crippen LogP contribution in [0, 0.1) is 0 Å². The number of rotatable bonds is 4. The van der Waals surface area contributed by atoms with Crippen LogP contribution in [-0.2, 0) is 7.05 Å². The van der Waals surface area contributed by atoms with Gasteiger partial charge in [0, 0.05) is 30.7 Å². The third kappa shape index (κ3) is 3.44. The smallest absolute Gasteiger partial charge is 0.267 e. The Morgan fingerprint density at radius 2 is 1.75 bits per heavy atom. The van der Waals surface area contributed by atoms with E-state index in [1.165, 1.54) is 10.8 Å². The monoisotopic (exact) mass is 442 g/mol. The summed E-state index contributed by atoms with van der Waals surface area (Å²) in [5, 5.41) is 0.941. The van der Waals surface area contributed by atoms with Gasteiger partial charge in [-0.15, -0.1) is 0 Å². The van der Waals surface area contributed by atoms with Gasteiger partial charge >= 0.3 is 0 Å². The fourth-order valence-corrected chi connectivity index (χ4v) is 3.86. The molecule has 0 radical (unpaired) electrons. The number of benzene rings is 2. The van der Waals surface area contributed by atoms with Crippen molar-refractivity contribution in [2.24, 2.45) is 7.05 Å². The molecule has 32 heavy (non-hydrogen) atoms. The van der Waals surface area contributed by atoms with E-state index in [1.54, 1.807) is 37.4 Å². The number of hydrogen-bond acceptors (Lipinski definition) is 4. The molecule has 0 unspecified atom stereocenters. The molecule has 3 aromatic heterocycles. The van der Waals surface area contributed by atoms with Crippen LogP contribution in [0.3, 0.4) is 0 Å². The maximum Gasteiger partial charge on any atom is 0.267 e. The maximum absolute atomic E-state index is 13.6. The number of nitrogens with zero attached hydrogens (tertiary/aromatic N) is 4. The van der Waals surface area contributed by atoms with Crippen LogP contribution in [0.25, 0.3) is 39.4 Å². The molecule has 0 atom stereocenters. The summed E-state index contributed by atoms with van der Waals surface area (Å²) in [5.41, 5.74) is 3.33. The summed E-state index contributed by atoms with van der Waals surface area (Å²) in [7, 11) is 3.57. The Morgan fingerprint density at radius 1 is 0.969 bits per heavy atom. The van der Waals surface area contributed by atoms with E-state index in [0.29, 0.717) is 33.3 Å². The van der Waals surface area contributed by atoms with Gasteiger partial charge < -0.3 is 9.30 Å². The molecule has 0 N–H and O–H groups in total. The van der Waals surface area contributed by atoms with Crippen molar-refractivity contribution in [2.75, 3.05) is 7.11 Å². The van der Waals surface area contributed by atoms with Crippen molar-refractivity contribution in [3.63, 3.8) is 0 Å². The molecule has 0 fully saturated rings. The predicted molar refractivity (Wildman–Crippen MR) is 127 cm³/mol. The minimum Gasteiger partial charge on any atom is -0.497 e. The number of methoxy groups -OCH3 is 1. The van der Waals surface area contributed by atoms with E-state index in [2.05, 4.69) is 15.6 Å². The molecule has 6 nitrogen and oxygen atoms in total. The Morgan fingerprint density at radius 3 is 2.41 bits per heavy atom. The number of aromatic nitrogens is 4. The highest BCUT2D eigenvalue weighted by Crippen LogP contribution is 2.27. The standard InChI is InChI=1S/C25H19ClN4O2/c1-29-13-3-4-22(29)16-5-7-17(8-6-16)24-28-21-11-10-19(32-2)14-20(21)25(31)30(24)23-12-9-18(26)15-27-23/h3-15H,1-2H3. The Kier molecular flexibility index (Phi) is 4.99. The lowest BCUT2D eigenvalue weighted by Gasteiger charge is -2.14. The zero-order valence-electron chi connectivity index (χ0n) is 17.5. The van der Waals surface area contributed by atoms with Gasteiger partial charge in [0.15, 0.2) is 0 Å². The molecule has 158 valence electrons. The molecule has 7 heteroatoms. The highest BCUT2D eigenvalue weighted by Gasteiger charge is 2.16. The van der Waals surface area contributed by atoms with Crippen molar-refractivity contribution < 1.29 is 4.74 Å². The van der Waals surface area contributed by atoms with Gasteiger partial charge in [-0.1, -0.05) is 35.9 Å². The van der Waals surface area contributed by atoms with Crippen LogP contribution in [0.2, 0.25) is 5.02 Å². The normalized spacial score (nSPS) is 11.1. The SMILES string of the molecule is COc1ccc2nc(-c3ccc(-c4cccn4C)cc3)n(-c3ccc(Cl)cn3)c(=O)c2c1.